The number of ether oxygens (including phenoxy) is 5. The van der Waals surface area contributed by atoms with Gasteiger partial charge in [-0.15, -0.1) is 0 Å². The monoisotopic (exact) mass is 1290 g/mol. The molecule has 0 bridgehead atoms. The Labute approximate surface area is 548 Å². The molecule has 17 atom stereocenters. The number of hydrogen-bond acceptors (Lipinski definition) is 18. The van der Waals surface area contributed by atoms with Crippen molar-refractivity contribution in [2.45, 2.75) is 161 Å². The lowest BCUT2D eigenvalue weighted by molar-refractivity contribution is -0.201. The third-order valence-corrected chi connectivity index (χ3v) is 22.6. The summed E-state index contributed by atoms with van der Waals surface area (Å²) in [6.45, 7) is 12.6. The van der Waals surface area contributed by atoms with E-state index in [0.29, 0.717) is 54.5 Å². The largest absolute Gasteiger partial charge is 0.489 e. The molecule has 4 aromatic rings. The molecule has 9 aliphatic rings. The smallest absolute Gasteiger partial charge is 0.412 e. The van der Waals surface area contributed by atoms with Gasteiger partial charge in [0.05, 0.1) is 24.4 Å². The number of aldehydes is 1. The number of carbonyl (C=O) groups excluding carboxylic acids is 6. The lowest BCUT2D eigenvalue weighted by Crippen LogP contribution is -2.63. The first-order chi connectivity index (χ1) is 44.5. The second-order valence-electron chi connectivity index (χ2n) is 29.1. The van der Waals surface area contributed by atoms with Crippen LogP contribution in [0.1, 0.15) is 133 Å². The number of Topliss-reactive ketones (excluding diaryl/α,β-unsaturated/α-hetero) is 2. The highest BCUT2D eigenvalue weighted by molar-refractivity contribution is 6.02. The molecule has 6 saturated carbocycles. The molecule has 1 aliphatic heterocycles. The fourth-order valence-electron chi connectivity index (χ4n) is 18.3. The average molecular weight is 1290 g/mol. The van der Waals surface area contributed by atoms with E-state index in [1.165, 1.54) is 0 Å². The van der Waals surface area contributed by atoms with Gasteiger partial charge in [0.25, 0.3) is 0 Å². The van der Waals surface area contributed by atoms with E-state index < -0.39 is 100 Å². The zero-order valence-corrected chi connectivity index (χ0v) is 54.4. The summed E-state index contributed by atoms with van der Waals surface area (Å²) in [5, 5.41) is 67.0. The van der Waals surface area contributed by atoms with Gasteiger partial charge in [-0.1, -0.05) is 87.4 Å². The van der Waals surface area contributed by atoms with Crippen LogP contribution in [0.2, 0.25) is 0 Å². The Kier molecular flexibility index (Phi) is 18.7. The number of fused-ring (bicyclic) bond motifs is 12. The number of aliphatic hydroxyl groups excluding tert-OH is 5. The molecule has 1 heterocycles. The zero-order valence-electron chi connectivity index (χ0n) is 54.4. The third kappa shape index (κ3) is 12.1. The van der Waals surface area contributed by atoms with Crippen LogP contribution in [0.4, 0.5) is 16.2 Å². The number of aliphatic hydroxyl groups is 6. The molecule has 500 valence electrons. The Morgan fingerprint density at radius 1 is 0.691 bits per heavy atom. The molecule has 19 heteroatoms. The lowest BCUT2D eigenvalue weighted by Gasteiger charge is -2.59. The van der Waals surface area contributed by atoms with Gasteiger partial charge in [0.15, 0.2) is 40.6 Å². The van der Waals surface area contributed by atoms with Gasteiger partial charge >= 0.3 is 6.09 Å². The minimum atomic E-state index is -2.05. The van der Waals surface area contributed by atoms with E-state index in [2.05, 4.69) is 12.2 Å². The highest BCUT2D eigenvalue weighted by Gasteiger charge is 2.76. The highest BCUT2D eigenvalue weighted by Crippen LogP contribution is 2.71. The van der Waals surface area contributed by atoms with E-state index >= 15 is 0 Å². The zero-order chi connectivity index (χ0) is 67.5. The fraction of sp³-hybridized carbons (Fsp3) is 0.493. The molecule has 7 fully saturated rings. The Balaban J connectivity index is 0.000000153. The molecule has 4 aromatic carbocycles. The number of amides is 1. The molecule has 13 rings (SSSR count). The van der Waals surface area contributed by atoms with Crippen LogP contribution in [0, 0.1) is 57.2 Å². The van der Waals surface area contributed by atoms with Gasteiger partial charge in [-0.3, -0.25) is 29.3 Å². The van der Waals surface area contributed by atoms with Crippen LogP contribution in [0.15, 0.2) is 145 Å². The number of benzene rings is 4. The maximum atomic E-state index is 13.7. The van der Waals surface area contributed by atoms with Crippen LogP contribution in [0.25, 0.3) is 0 Å². The Morgan fingerprint density at radius 3 is 1.74 bits per heavy atom. The Bertz CT molecular complexity index is 3700. The van der Waals surface area contributed by atoms with Crippen molar-refractivity contribution in [1.29, 1.82) is 0 Å². The van der Waals surface area contributed by atoms with Crippen LogP contribution in [-0.4, -0.2) is 121 Å². The molecule has 0 unspecified atom stereocenters. The van der Waals surface area contributed by atoms with Crippen molar-refractivity contribution in [2.75, 3.05) is 24.3 Å². The van der Waals surface area contributed by atoms with Gasteiger partial charge in [-0.25, -0.2) is 4.79 Å². The number of allylic oxidation sites excluding steroid dienone is 8. The van der Waals surface area contributed by atoms with Crippen molar-refractivity contribution < 1.29 is 83.1 Å². The Morgan fingerprint density at radius 2 is 1.21 bits per heavy atom. The molecule has 0 spiro atoms. The standard InChI is InChI=1S/C35H39NO7.C21H28O6.C19H21NO4/c1-33-13-12-24(38)15-22(33)8-11-26-27-16-30-35(29(40)18-37,34(27,2)17-28(39)31(26)33)43-32(42-30)21-6-9-25(10-7-21)41-19-20-4-3-5-23(36)14-20;1-19-6-5-12(23)7-11(19)3-4-13-14-8-16(25)21(27,17(26)10-22)20(14,2)9-15(24)18(13)19;1-19(2,3)24-18(22)20-16-6-4-5-15(11-16)13-23-17-9-7-14(12-21)8-10-17/h3-7,9-10,12-15,26-28,30-32,37,39H,8,11,16-19,36H2,1-2H3;5-7,13-16,18,22,24-25,27H,3-4,8-10H2,1-2H3;4-12H,13H2,1-3H3,(H,20,22)/t26-,27-,28-,30+,31+,32+,33-,34-,35+;13-,14-,15-,16+,18+,19-,20-,21-;/m00./s1. The van der Waals surface area contributed by atoms with E-state index in [1.807, 2.05) is 114 Å². The van der Waals surface area contributed by atoms with Crippen molar-refractivity contribution in [3.8, 4) is 11.5 Å². The molecular formula is C75H88N2O17. The number of ketones is 4. The number of nitrogen functional groups attached to an aromatic ring is 1. The third-order valence-electron chi connectivity index (χ3n) is 22.6. The van der Waals surface area contributed by atoms with Crippen molar-refractivity contribution >= 4 is 46.9 Å². The second kappa shape index (κ2) is 25.9. The van der Waals surface area contributed by atoms with Crippen molar-refractivity contribution in [3.63, 3.8) is 0 Å². The summed E-state index contributed by atoms with van der Waals surface area (Å²) in [6, 6.07) is 29.2. The molecule has 19 nitrogen and oxygen atoms in total. The van der Waals surface area contributed by atoms with Crippen LogP contribution >= 0.6 is 0 Å². The molecule has 0 radical (unpaired) electrons. The molecular weight excluding hydrogens is 1200 g/mol. The van der Waals surface area contributed by atoms with Gasteiger partial charge in [-0.2, -0.15) is 0 Å². The summed E-state index contributed by atoms with van der Waals surface area (Å²) in [7, 11) is 0. The normalized spacial score (nSPS) is 35.5. The number of carbonyl (C=O) groups is 6. The minimum absolute atomic E-state index is 0.00206. The predicted molar refractivity (Wildman–Crippen MR) is 347 cm³/mol. The number of nitrogens with one attached hydrogen (secondary N) is 1. The maximum Gasteiger partial charge on any atom is 0.412 e. The number of anilines is 2. The van der Waals surface area contributed by atoms with Crippen molar-refractivity contribution in [1.82, 2.24) is 0 Å². The summed E-state index contributed by atoms with van der Waals surface area (Å²) < 4.78 is 30.0. The molecule has 1 saturated heterocycles. The fourth-order valence-corrected chi connectivity index (χ4v) is 18.3. The molecule has 9 N–H and O–H groups in total. The quantitative estimate of drug-likeness (QED) is 0.0456. The Hall–Kier alpha value is -7.46. The summed E-state index contributed by atoms with van der Waals surface area (Å²) in [5.74, 6) is -0.0563. The van der Waals surface area contributed by atoms with Gasteiger partial charge in [-0.05, 0) is 192 Å². The van der Waals surface area contributed by atoms with Gasteiger partial charge in [0, 0.05) is 56.0 Å². The topological polar surface area (TPSA) is 308 Å². The number of rotatable bonds is 13. The van der Waals surface area contributed by atoms with E-state index in [1.54, 1.807) is 61.6 Å². The first-order valence-electron chi connectivity index (χ1n) is 32.6. The number of nitrogens with two attached hydrogens (primary N) is 1. The minimum Gasteiger partial charge on any atom is -0.489 e. The SMILES string of the molecule is CC(C)(C)OC(=O)Nc1cccc(COc2ccc(C=O)cc2)c1.C[C@]12C=CC(=O)C=C1CC[C@@H]1[C@@H]2[C@@H](O)C[C@@]2(C)[C@H]1C[C@@H](O)[C@]2(O)C(=O)CO.C[C@]12C=CC(=O)C=C1CC[C@@H]1[C@@H]2[C@@H](O)C[C@@]2(C)[C@H]1C[C@H]1O[C@@H](c3ccc(OCc4cccc(N)c4)cc3)O[C@]12C(=O)CO. The van der Waals surface area contributed by atoms with Crippen LogP contribution in [0.3, 0.4) is 0 Å². The number of hydrogen-bond donors (Lipinski definition) is 8. The lowest BCUT2D eigenvalue weighted by atomic mass is 9.46. The highest BCUT2D eigenvalue weighted by atomic mass is 16.7. The molecule has 8 aliphatic carbocycles. The van der Waals surface area contributed by atoms with E-state index in [4.69, 9.17) is 29.4 Å². The first kappa shape index (κ1) is 67.9. The van der Waals surface area contributed by atoms with Gasteiger partial charge < -0.3 is 60.1 Å². The van der Waals surface area contributed by atoms with E-state index in [0.717, 1.165) is 59.8 Å². The predicted octanol–water partition coefficient (Wildman–Crippen LogP) is 9.40. The summed E-state index contributed by atoms with van der Waals surface area (Å²) in [4.78, 5) is 72.5. The first-order valence-corrected chi connectivity index (χ1v) is 32.6. The van der Waals surface area contributed by atoms with Crippen LogP contribution in [-0.2, 0) is 46.6 Å². The van der Waals surface area contributed by atoms with Gasteiger partial charge in [0.1, 0.15) is 49.8 Å². The summed E-state index contributed by atoms with van der Waals surface area (Å²) >= 11 is 0. The summed E-state index contributed by atoms with van der Waals surface area (Å²) in [5.41, 5.74) is 5.97. The molecule has 1 amide bonds. The second-order valence-corrected chi connectivity index (χ2v) is 29.1. The molecule has 94 heavy (non-hydrogen) atoms. The van der Waals surface area contributed by atoms with Crippen LogP contribution < -0.4 is 20.5 Å². The van der Waals surface area contributed by atoms with Crippen molar-refractivity contribution in [2.24, 2.45) is 57.2 Å². The van der Waals surface area contributed by atoms with Gasteiger partial charge in [0.2, 0.25) is 0 Å². The molecule has 0 aromatic heterocycles. The average Bonchev–Trinajstić information content (AvgIpc) is 1.49. The van der Waals surface area contributed by atoms with Crippen LogP contribution in [0.5, 0.6) is 11.5 Å². The van der Waals surface area contributed by atoms with E-state index in [9.17, 15) is 59.4 Å². The maximum absolute atomic E-state index is 13.7. The van der Waals surface area contributed by atoms with E-state index in [-0.39, 0.29) is 59.9 Å². The summed E-state index contributed by atoms with van der Waals surface area (Å²) in [6.07, 6.45) is 11.1. The van der Waals surface area contributed by atoms with Crippen molar-refractivity contribution in [3.05, 3.63) is 167 Å².